The van der Waals surface area contributed by atoms with Gasteiger partial charge in [0, 0.05) is 12.4 Å². The van der Waals surface area contributed by atoms with E-state index in [1.165, 1.54) is 5.57 Å². The highest BCUT2D eigenvalue weighted by molar-refractivity contribution is 5.18. The first-order valence-electron chi connectivity index (χ1n) is 4.99. The van der Waals surface area contributed by atoms with Gasteiger partial charge in [0.15, 0.2) is 0 Å². The Hall–Kier alpha value is -1.61. The van der Waals surface area contributed by atoms with Crippen LogP contribution in [0.4, 0.5) is 0 Å². The lowest BCUT2D eigenvalue weighted by Gasteiger charge is -2.21. The molecule has 3 nitrogen and oxygen atoms in total. The van der Waals surface area contributed by atoms with Gasteiger partial charge in [0.2, 0.25) is 0 Å². The number of rotatable bonds is 3. The lowest BCUT2D eigenvalue weighted by atomic mass is 10.2. The van der Waals surface area contributed by atoms with Crippen molar-refractivity contribution in [1.29, 1.82) is 0 Å². The largest absolute Gasteiger partial charge is 0.267 e. The molecule has 1 aromatic rings. The maximum absolute atomic E-state index is 5.58. The zero-order chi connectivity index (χ0) is 10.5. The van der Waals surface area contributed by atoms with Crippen LogP contribution in [-0.2, 0) is 11.4 Å². The van der Waals surface area contributed by atoms with Gasteiger partial charge in [-0.25, -0.2) is 0 Å². The van der Waals surface area contributed by atoms with E-state index in [-0.39, 0.29) is 0 Å². The molecule has 0 aliphatic carbocycles. The van der Waals surface area contributed by atoms with E-state index < -0.39 is 0 Å². The van der Waals surface area contributed by atoms with Crippen molar-refractivity contribution in [1.82, 2.24) is 10.0 Å². The minimum absolute atomic E-state index is 0.512. The molecular weight excluding hydrogens is 188 g/mol. The minimum Gasteiger partial charge on any atom is -0.267 e. The molecule has 2 heterocycles. The van der Waals surface area contributed by atoms with Gasteiger partial charge in [-0.3, -0.25) is 14.9 Å². The Bertz CT molecular complexity index is 370. The van der Waals surface area contributed by atoms with Gasteiger partial charge in [0.05, 0.1) is 12.2 Å². The molecule has 2 rings (SSSR count). The Balaban J connectivity index is 1.87. The number of aromatic nitrogens is 1. The third kappa shape index (κ3) is 2.92. The molecule has 1 aliphatic rings. The molecule has 0 fully saturated rings. The number of hydrogen-bond acceptors (Lipinski definition) is 3. The molecule has 0 radical (unpaired) electrons. The predicted molar refractivity (Wildman–Crippen MR) is 58.6 cm³/mol. The van der Waals surface area contributed by atoms with Gasteiger partial charge in [0.25, 0.3) is 0 Å². The molecule has 0 bridgehead atoms. The molecular formula is C12H14N2O. The Morgan fingerprint density at radius 2 is 2.40 bits per heavy atom. The van der Waals surface area contributed by atoms with Crippen LogP contribution in [0.3, 0.4) is 0 Å². The van der Waals surface area contributed by atoms with E-state index in [0.29, 0.717) is 6.61 Å². The van der Waals surface area contributed by atoms with Crippen molar-refractivity contribution in [2.45, 2.75) is 13.5 Å². The fourth-order valence-electron chi connectivity index (χ4n) is 1.39. The van der Waals surface area contributed by atoms with Gasteiger partial charge < -0.3 is 0 Å². The summed E-state index contributed by atoms with van der Waals surface area (Å²) in [5.74, 6) is 0. The average molecular weight is 202 g/mol. The van der Waals surface area contributed by atoms with E-state index >= 15 is 0 Å². The fourth-order valence-corrected chi connectivity index (χ4v) is 1.39. The lowest BCUT2D eigenvalue weighted by molar-refractivity contribution is -0.126. The molecule has 0 unspecified atom stereocenters. The van der Waals surface area contributed by atoms with Crippen molar-refractivity contribution < 1.29 is 4.84 Å². The van der Waals surface area contributed by atoms with E-state index in [1.54, 1.807) is 6.20 Å². The second-order valence-corrected chi connectivity index (χ2v) is 3.47. The van der Waals surface area contributed by atoms with Gasteiger partial charge in [0.1, 0.15) is 6.61 Å². The second-order valence-electron chi connectivity index (χ2n) is 3.47. The predicted octanol–water partition coefficient (Wildman–Crippen LogP) is 2.29. The van der Waals surface area contributed by atoms with Crippen molar-refractivity contribution in [3.05, 3.63) is 54.0 Å². The molecule has 78 valence electrons. The Morgan fingerprint density at radius 3 is 3.13 bits per heavy atom. The minimum atomic E-state index is 0.512. The number of hydroxylamine groups is 2. The summed E-state index contributed by atoms with van der Waals surface area (Å²) in [6.45, 7) is 3.36. The maximum Gasteiger partial charge on any atom is 0.117 e. The summed E-state index contributed by atoms with van der Waals surface area (Å²) >= 11 is 0. The molecule has 1 aromatic heterocycles. The molecule has 0 atom stereocenters. The summed E-state index contributed by atoms with van der Waals surface area (Å²) in [7, 11) is 0. The SMILES string of the molecule is CC1=CN(OCc2ccccn2)CC=C1. The number of nitrogens with zero attached hydrogens (tertiary/aromatic N) is 2. The van der Waals surface area contributed by atoms with Gasteiger partial charge >= 0.3 is 0 Å². The van der Waals surface area contributed by atoms with Crippen LogP contribution >= 0.6 is 0 Å². The first kappa shape index (κ1) is 9.93. The summed E-state index contributed by atoms with van der Waals surface area (Å²) in [5.41, 5.74) is 2.14. The van der Waals surface area contributed by atoms with Crippen molar-refractivity contribution in [2.24, 2.45) is 0 Å². The summed E-state index contributed by atoms with van der Waals surface area (Å²) in [6.07, 6.45) is 7.92. The van der Waals surface area contributed by atoms with Crippen LogP contribution in [0.15, 0.2) is 48.3 Å². The maximum atomic E-state index is 5.58. The fraction of sp³-hybridized carbons (Fsp3) is 0.250. The highest BCUT2D eigenvalue weighted by atomic mass is 16.7. The van der Waals surface area contributed by atoms with Gasteiger partial charge in [-0.05, 0) is 24.6 Å². The van der Waals surface area contributed by atoms with Gasteiger partial charge in [-0.15, -0.1) is 0 Å². The van der Waals surface area contributed by atoms with Crippen LogP contribution in [-0.4, -0.2) is 16.6 Å². The van der Waals surface area contributed by atoms with Crippen molar-refractivity contribution in [3.63, 3.8) is 0 Å². The number of allylic oxidation sites excluding steroid dienone is 2. The van der Waals surface area contributed by atoms with Crippen LogP contribution in [0, 0.1) is 0 Å². The van der Waals surface area contributed by atoms with Crippen molar-refractivity contribution in [2.75, 3.05) is 6.54 Å². The van der Waals surface area contributed by atoms with E-state index in [9.17, 15) is 0 Å². The number of hydrogen-bond donors (Lipinski definition) is 0. The van der Waals surface area contributed by atoms with E-state index in [2.05, 4.69) is 17.1 Å². The topological polar surface area (TPSA) is 25.4 Å². The first-order valence-corrected chi connectivity index (χ1v) is 4.99. The molecule has 3 heteroatoms. The second kappa shape index (κ2) is 4.75. The summed E-state index contributed by atoms with van der Waals surface area (Å²) in [6, 6.07) is 5.82. The molecule has 1 aliphatic heterocycles. The Labute approximate surface area is 89.6 Å². The Kier molecular flexibility index (Phi) is 3.15. The highest BCUT2D eigenvalue weighted by Crippen LogP contribution is 2.08. The molecule has 15 heavy (non-hydrogen) atoms. The van der Waals surface area contributed by atoms with Crippen molar-refractivity contribution in [3.8, 4) is 0 Å². The van der Waals surface area contributed by atoms with Gasteiger partial charge in [-0.1, -0.05) is 18.2 Å². The van der Waals surface area contributed by atoms with Gasteiger partial charge in [-0.2, -0.15) is 0 Å². The van der Waals surface area contributed by atoms with Crippen LogP contribution in [0.25, 0.3) is 0 Å². The normalized spacial score (nSPS) is 15.3. The van der Waals surface area contributed by atoms with Crippen LogP contribution in [0.5, 0.6) is 0 Å². The monoisotopic (exact) mass is 202 g/mol. The summed E-state index contributed by atoms with van der Waals surface area (Å²) in [4.78, 5) is 9.77. The van der Waals surface area contributed by atoms with Crippen LogP contribution in [0.1, 0.15) is 12.6 Å². The molecule has 0 spiro atoms. The summed E-state index contributed by atoms with van der Waals surface area (Å²) < 4.78 is 0. The van der Waals surface area contributed by atoms with Crippen LogP contribution in [0.2, 0.25) is 0 Å². The molecule has 0 amide bonds. The highest BCUT2D eigenvalue weighted by Gasteiger charge is 2.03. The lowest BCUT2D eigenvalue weighted by Crippen LogP contribution is -2.20. The molecule has 0 saturated heterocycles. The van der Waals surface area contributed by atoms with E-state index in [4.69, 9.17) is 4.84 Å². The first-order chi connectivity index (χ1) is 7.34. The standard InChI is InChI=1S/C12H14N2O/c1-11-5-4-8-14(9-11)15-10-12-6-2-3-7-13-12/h2-7,9H,8,10H2,1H3. The van der Waals surface area contributed by atoms with Crippen molar-refractivity contribution >= 4 is 0 Å². The van der Waals surface area contributed by atoms with E-state index in [0.717, 1.165) is 12.2 Å². The molecule has 0 aromatic carbocycles. The average Bonchev–Trinajstić information content (AvgIpc) is 2.28. The molecule has 0 saturated carbocycles. The third-order valence-electron chi connectivity index (χ3n) is 2.12. The smallest absolute Gasteiger partial charge is 0.117 e. The Morgan fingerprint density at radius 1 is 1.47 bits per heavy atom. The zero-order valence-corrected chi connectivity index (χ0v) is 8.76. The molecule has 0 N–H and O–H groups in total. The van der Waals surface area contributed by atoms with E-state index in [1.807, 2.05) is 36.4 Å². The number of pyridine rings is 1. The quantitative estimate of drug-likeness (QED) is 0.752. The van der Waals surface area contributed by atoms with Crippen LogP contribution < -0.4 is 0 Å². The third-order valence-corrected chi connectivity index (χ3v) is 2.12. The summed E-state index contributed by atoms with van der Waals surface area (Å²) in [5, 5.41) is 1.82. The zero-order valence-electron chi connectivity index (χ0n) is 8.76.